The molecule has 1 fully saturated rings. The lowest BCUT2D eigenvalue weighted by molar-refractivity contribution is 0.145. The average molecular weight is 202 g/mol. The number of rotatable bonds is 2. The third-order valence-corrected chi connectivity index (χ3v) is 2.47. The van der Waals surface area contributed by atoms with Gasteiger partial charge in [-0.15, -0.1) is 0 Å². The van der Waals surface area contributed by atoms with Crippen molar-refractivity contribution in [2.45, 2.75) is 25.1 Å². The van der Waals surface area contributed by atoms with E-state index < -0.39 is 23.9 Å². The van der Waals surface area contributed by atoms with Crippen LogP contribution in [0.3, 0.4) is 0 Å². The van der Waals surface area contributed by atoms with Crippen molar-refractivity contribution in [3.8, 4) is 0 Å². The molecule has 0 amide bonds. The summed E-state index contributed by atoms with van der Waals surface area (Å²) in [6, 6.07) is 2.00. The molecule has 1 N–H and O–H groups in total. The van der Waals surface area contributed by atoms with Gasteiger partial charge in [-0.05, 0) is 30.5 Å². The highest BCUT2D eigenvalue weighted by molar-refractivity contribution is 5.33. The van der Waals surface area contributed by atoms with Crippen molar-refractivity contribution >= 4 is 0 Å². The molecular formula is C10H9F3O. The maximum absolute atomic E-state index is 13.2. The standard InChI is InChI=1S/C10H9F3O/c11-5-6-3-7(10(14)1-2-10)9(13)8(12)4-6/h3-4,14H,1-2,5H2. The second kappa shape index (κ2) is 2.98. The monoisotopic (exact) mass is 202 g/mol. The van der Waals surface area contributed by atoms with E-state index in [4.69, 9.17) is 0 Å². The Morgan fingerprint density at radius 2 is 1.93 bits per heavy atom. The molecule has 0 spiro atoms. The molecule has 0 atom stereocenters. The Hall–Kier alpha value is -1.03. The van der Waals surface area contributed by atoms with Gasteiger partial charge in [0, 0.05) is 5.56 Å². The van der Waals surface area contributed by atoms with Crippen LogP contribution in [-0.2, 0) is 12.3 Å². The van der Waals surface area contributed by atoms with Crippen LogP contribution in [-0.4, -0.2) is 5.11 Å². The fourth-order valence-electron chi connectivity index (χ4n) is 1.45. The first kappa shape index (κ1) is 9.52. The molecular weight excluding hydrogens is 193 g/mol. The van der Waals surface area contributed by atoms with E-state index in [2.05, 4.69) is 0 Å². The summed E-state index contributed by atoms with van der Waals surface area (Å²) in [6.07, 6.45) is 0.804. The van der Waals surface area contributed by atoms with Crippen LogP contribution < -0.4 is 0 Å². The van der Waals surface area contributed by atoms with Crippen LogP contribution >= 0.6 is 0 Å². The maximum Gasteiger partial charge on any atom is 0.164 e. The molecule has 0 saturated heterocycles. The highest BCUT2D eigenvalue weighted by Gasteiger charge is 2.44. The minimum Gasteiger partial charge on any atom is -0.385 e. The van der Waals surface area contributed by atoms with E-state index in [-0.39, 0.29) is 11.1 Å². The first-order valence-electron chi connectivity index (χ1n) is 4.33. The topological polar surface area (TPSA) is 20.2 Å². The van der Waals surface area contributed by atoms with E-state index in [1.165, 1.54) is 6.07 Å². The molecule has 1 aromatic carbocycles. The van der Waals surface area contributed by atoms with E-state index in [1.54, 1.807) is 0 Å². The number of alkyl halides is 1. The minimum absolute atomic E-state index is 0.0548. The van der Waals surface area contributed by atoms with Crippen LogP contribution in [0.4, 0.5) is 13.2 Å². The van der Waals surface area contributed by atoms with Crippen LogP contribution in [0.15, 0.2) is 12.1 Å². The van der Waals surface area contributed by atoms with Crippen LogP contribution in [0.2, 0.25) is 0 Å². The van der Waals surface area contributed by atoms with Gasteiger partial charge >= 0.3 is 0 Å². The Morgan fingerprint density at radius 3 is 2.43 bits per heavy atom. The van der Waals surface area contributed by atoms with Gasteiger partial charge in [-0.3, -0.25) is 0 Å². The number of hydrogen-bond donors (Lipinski definition) is 1. The largest absolute Gasteiger partial charge is 0.385 e. The minimum atomic E-state index is -1.27. The number of hydrogen-bond acceptors (Lipinski definition) is 1. The van der Waals surface area contributed by atoms with Crippen LogP contribution in [0, 0.1) is 11.6 Å². The molecule has 0 radical (unpaired) electrons. The zero-order valence-electron chi connectivity index (χ0n) is 7.36. The van der Waals surface area contributed by atoms with Gasteiger partial charge in [0.1, 0.15) is 6.67 Å². The average Bonchev–Trinajstić information content (AvgIpc) is 2.89. The number of aliphatic hydroxyl groups is 1. The summed E-state index contributed by atoms with van der Waals surface area (Å²) in [7, 11) is 0. The molecule has 0 aliphatic heterocycles. The molecule has 0 heterocycles. The molecule has 2 rings (SSSR count). The third kappa shape index (κ3) is 1.39. The van der Waals surface area contributed by atoms with Gasteiger partial charge in [0.25, 0.3) is 0 Å². The van der Waals surface area contributed by atoms with Crippen LogP contribution in [0.1, 0.15) is 24.0 Å². The van der Waals surface area contributed by atoms with Gasteiger partial charge in [-0.1, -0.05) is 0 Å². The molecule has 76 valence electrons. The Labute approximate surface area is 79.2 Å². The summed E-state index contributed by atoms with van der Waals surface area (Å²) in [5.41, 5.74) is -1.33. The van der Waals surface area contributed by atoms with E-state index in [0.717, 1.165) is 6.07 Å². The molecule has 14 heavy (non-hydrogen) atoms. The van der Waals surface area contributed by atoms with Gasteiger partial charge in [-0.2, -0.15) is 0 Å². The fraction of sp³-hybridized carbons (Fsp3) is 0.400. The summed E-state index contributed by atoms with van der Waals surface area (Å²) in [4.78, 5) is 0. The van der Waals surface area contributed by atoms with Crippen molar-refractivity contribution < 1.29 is 18.3 Å². The van der Waals surface area contributed by atoms with E-state index >= 15 is 0 Å². The second-order valence-electron chi connectivity index (χ2n) is 3.60. The maximum atomic E-state index is 13.2. The quantitative estimate of drug-likeness (QED) is 0.780. The molecule has 1 saturated carbocycles. The Kier molecular flexibility index (Phi) is 2.03. The van der Waals surface area contributed by atoms with E-state index in [9.17, 15) is 18.3 Å². The van der Waals surface area contributed by atoms with Crippen molar-refractivity contribution in [2.75, 3.05) is 0 Å². The Morgan fingerprint density at radius 1 is 1.29 bits per heavy atom. The van der Waals surface area contributed by atoms with Crippen molar-refractivity contribution in [1.29, 1.82) is 0 Å². The van der Waals surface area contributed by atoms with Gasteiger partial charge in [0.15, 0.2) is 11.6 Å². The fourth-order valence-corrected chi connectivity index (χ4v) is 1.45. The predicted octanol–water partition coefficient (Wildman–Crippen LogP) is 2.42. The van der Waals surface area contributed by atoms with E-state index in [1.807, 2.05) is 0 Å². The summed E-state index contributed by atoms with van der Waals surface area (Å²) >= 11 is 0. The molecule has 0 unspecified atom stereocenters. The lowest BCUT2D eigenvalue weighted by atomic mass is 10.0. The van der Waals surface area contributed by atoms with Gasteiger partial charge in [-0.25, -0.2) is 13.2 Å². The summed E-state index contributed by atoms with van der Waals surface area (Å²) in [5, 5.41) is 9.60. The molecule has 1 aromatic rings. The Bertz CT molecular complexity index is 372. The van der Waals surface area contributed by atoms with E-state index in [0.29, 0.717) is 12.8 Å². The van der Waals surface area contributed by atoms with Crippen LogP contribution in [0.25, 0.3) is 0 Å². The normalized spacial score (nSPS) is 18.3. The zero-order valence-corrected chi connectivity index (χ0v) is 7.36. The van der Waals surface area contributed by atoms with Gasteiger partial charge < -0.3 is 5.11 Å². The zero-order chi connectivity index (χ0) is 10.3. The van der Waals surface area contributed by atoms with Crippen LogP contribution in [0.5, 0.6) is 0 Å². The smallest absolute Gasteiger partial charge is 0.164 e. The summed E-state index contributed by atoms with van der Waals surface area (Å²) in [5.74, 6) is -2.17. The first-order chi connectivity index (χ1) is 6.57. The molecule has 4 heteroatoms. The lowest BCUT2D eigenvalue weighted by Crippen LogP contribution is -2.09. The summed E-state index contributed by atoms with van der Waals surface area (Å²) < 4.78 is 38.4. The van der Waals surface area contributed by atoms with Crippen molar-refractivity contribution in [1.82, 2.24) is 0 Å². The van der Waals surface area contributed by atoms with Crippen molar-refractivity contribution in [3.63, 3.8) is 0 Å². The van der Waals surface area contributed by atoms with Crippen molar-refractivity contribution in [2.24, 2.45) is 0 Å². The van der Waals surface area contributed by atoms with Gasteiger partial charge in [0.2, 0.25) is 0 Å². The lowest BCUT2D eigenvalue weighted by Gasteiger charge is -2.11. The second-order valence-corrected chi connectivity index (χ2v) is 3.60. The molecule has 1 nitrogen and oxygen atoms in total. The molecule has 1 aliphatic carbocycles. The number of halogens is 3. The highest BCUT2D eigenvalue weighted by Crippen LogP contribution is 2.46. The predicted molar refractivity (Wildman–Crippen MR) is 44.3 cm³/mol. The first-order valence-corrected chi connectivity index (χ1v) is 4.33. The SMILES string of the molecule is OC1(c2cc(CF)cc(F)c2F)CC1. The highest BCUT2D eigenvalue weighted by atomic mass is 19.2. The number of benzene rings is 1. The Balaban J connectivity index is 2.52. The third-order valence-electron chi connectivity index (χ3n) is 2.47. The van der Waals surface area contributed by atoms with Crippen molar-refractivity contribution in [3.05, 3.63) is 34.9 Å². The van der Waals surface area contributed by atoms with Gasteiger partial charge in [0.05, 0.1) is 5.60 Å². The molecule has 0 bridgehead atoms. The molecule has 1 aliphatic rings. The molecule has 0 aromatic heterocycles. The summed E-state index contributed by atoms with van der Waals surface area (Å²) in [6.45, 7) is -0.861.